The minimum Gasteiger partial charge on any atom is -0.462 e. The average molecular weight is 893 g/mol. The fourth-order valence-electron chi connectivity index (χ4n) is 7.40. The first kappa shape index (κ1) is 60.9. The molecular weight excluding hydrogens is 793 g/mol. The molecule has 1 atom stereocenters. The van der Waals surface area contributed by atoms with Gasteiger partial charge in [0, 0.05) is 19.3 Å². The van der Waals surface area contributed by atoms with Crippen molar-refractivity contribution in [1.29, 1.82) is 0 Å². The van der Waals surface area contributed by atoms with Gasteiger partial charge in [0.1, 0.15) is 13.2 Å². The molecule has 0 amide bonds. The predicted molar refractivity (Wildman–Crippen MR) is 274 cm³/mol. The molecule has 0 heterocycles. The Balaban J connectivity index is 4.42. The first-order valence-corrected chi connectivity index (χ1v) is 26.9. The van der Waals surface area contributed by atoms with E-state index in [-0.39, 0.29) is 37.5 Å². The van der Waals surface area contributed by atoms with Gasteiger partial charge in [-0.15, -0.1) is 0 Å². The topological polar surface area (TPSA) is 78.9 Å². The second kappa shape index (κ2) is 52.5. The van der Waals surface area contributed by atoms with Crippen LogP contribution in [0.1, 0.15) is 258 Å². The van der Waals surface area contributed by atoms with E-state index in [1.54, 1.807) is 0 Å². The molecule has 0 bridgehead atoms. The van der Waals surface area contributed by atoms with Crippen molar-refractivity contribution in [3.63, 3.8) is 0 Å². The Morgan fingerprint density at radius 2 is 0.641 bits per heavy atom. The first-order chi connectivity index (χ1) is 31.5. The van der Waals surface area contributed by atoms with Crippen molar-refractivity contribution >= 4 is 17.9 Å². The van der Waals surface area contributed by atoms with Crippen LogP contribution in [-0.2, 0) is 28.6 Å². The number of allylic oxidation sites excluding steroid dienone is 12. The number of unbranched alkanes of at least 4 members (excludes halogenated alkanes) is 25. The maximum Gasteiger partial charge on any atom is 0.306 e. The molecule has 0 radical (unpaired) electrons. The van der Waals surface area contributed by atoms with Gasteiger partial charge in [0.05, 0.1) is 0 Å². The van der Waals surface area contributed by atoms with Crippen LogP contribution in [0.5, 0.6) is 0 Å². The molecule has 0 spiro atoms. The van der Waals surface area contributed by atoms with E-state index in [1.165, 1.54) is 122 Å². The molecule has 0 aliphatic heterocycles. The number of ether oxygens (including phenoxy) is 3. The summed E-state index contributed by atoms with van der Waals surface area (Å²) in [6.45, 7) is 6.45. The molecule has 0 N–H and O–H groups in total. The largest absolute Gasteiger partial charge is 0.462 e. The number of hydrogen-bond acceptors (Lipinski definition) is 6. The summed E-state index contributed by atoms with van der Waals surface area (Å²) < 4.78 is 16.8. The third kappa shape index (κ3) is 49.9. The van der Waals surface area contributed by atoms with E-state index in [2.05, 4.69) is 93.7 Å². The number of carbonyl (C=O) groups is 3. The van der Waals surface area contributed by atoms with Gasteiger partial charge in [-0.2, -0.15) is 0 Å². The Bertz CT molecular complexity index is 1210. The molecule has 0 rings (SSSR count). The summed E-state index contributed by atoms with van der Waals surface area (Å²) in [5, 5.41) is 0. The molecule has 0 saturated carbocycles. The summed E-state index contributed by atoms with van der Waals surface area (Å²) in [7, 11) is 0. The van der Waals surface area contributed by atoms with Gasteiger partial charge in [-0.25, -0.2) is 0 Å². The fraction of sp³-hybridized carbons (Fsp3) is 0.741. The summed E-state index contributed by atoms with van der Waals surface area (Å²) in [5.74, 6) is -0.963. The van der Waals surface area contributed by atoms with Crippen molar-refractivity contribution < 1.29 is 28.6 Å². The monoisotopic (exact) mass is 893 g/mol. The van der Waals surface area contributed by atoms with Crippen LogP contribution in [0, 0.1) is 0 Å². The van der Waals surface area contributed by atoms with Gasteiger partial charge in [-0.05, 0) is 77.0 Å². The highest BCUT2D eigenvalue weighted by Crippen LogP contribution is 2.16. The zero-order valence-electron chi connectivity index (χ0n) is 42.0. The van der Waals surface area contributed by atoms with E-state index in [9.17, 15) is 14.4 Å². The van der Waals surface area contributed by atoms with Crippen LogP contribution >= 0.6 is 0 Å². The molecule has 0 aromatic carbocycles. The summed E-state index contributed by atoms with van der Waals surface area (Å²) >= 11 is 0. The maximum absolute atomic E-state index is 12.8. The summed E-state index contributed by atoms with van der Waals surface area (Å²) in [6, 6.07) is 0. The van der Waals surface area contributed by atoms with Crippen LogP contribution in [0.4, 0.5) is 0 Å². The van der Waals surface area contributed by atoms with Crippen LogP contribution < -0.4 is 0 Å². The molecule has 0 aromatic rings. The van der Waals surface area contributed by atoms with E-state index in [0.717, 1.165) is 89.9 Å². The third-order valence-corrected chi connectivity index (χ3v) is 11.4. The lowest BCUT2D eigenvalue weighted by molar-refractivity contribution is -0.167. The zero-order chi connectivity index (χ0) is 46.5. The van der Waals surface area contributed by atoms with Gasteiger partial charge < -0.3 is 14.2 Å². The van der Waals surface area contributed by atoms with Crippen molar-refractivity contribution in [2.45, 2.75) is 264 Å². The molecule has 0 aromatic heterocycles. The smallest absolute Gasteiger partial charge is 0.306 e. The molecular formula is C58H100O6. The van der Waals surface area contributed by atoms with Crippen LogP contribution in [0.25, 0.3) is 0 Å². The van der Waals surface area contributed by atoms with Crippen molar-refractivity contribution in [3.05, 3.63) is 72.9 Å². The van der Waals surface area contributed by atoms with Gasteiger partial charge in [0.2, 0.25) is 0 Å². The summed E-state index contributed by atoms with van der Waals surface area (Å²) in [5.41, 5.74) is 0. The molecule has 6 nitrogen and oxygen atoms in total. The molecule has 0 fully saturated rings. The Labute approximate surface area is 395 Å². The second-order valence-electron chi connectivity index (χ2n) is 17.8. The highest BCUT2D eigenvalue weighted by atomic mass is 16.6. The van der Waals surface area contributed by atoms with Crippen molar-refractivity contribution in [3.8, 4) is 0 Å². The molecule has 64 heavy (non-hydrogen) atoms. The van der Waals surface area contributed by atoms with Gasteiger partial charge in [-0.3, -0.25) is 14.4 Å². The highest BCUT2D eigenvalue weighted by Gasteiger charge is 2.19. The van der Waals surface area contributed by atoms with E-state index in [4.69, 9.17) is 14.2 Å². The van der Waals surface area contributed by atoms with E-state index >= 15 is 0 Å². The zero-order valence-corrected chi connectivity index (χ0v) is 42.0. The standard InChI is InChI=1S/C58H100O6/c1-4-7-10-13-16-19-22-24-26-28-30-31-33-36-39-42-45-48-51-57(60)63-54-55(53-62-56(59)50-47-44-41-38-35-21-18-15-12-9-6-3)64-58(61)52-49-46-43-40-37-34-32-29-27-25-23-20-17-14-11-8-5-2/h8,11,15,17-18,20,25,27,32,34,40,43,55H,4-7,9-10,12-14,16,19,21-24,26,28-31,33,35-39,41-42,44-54H2,1-3H3/b11-8-,18-15-,20-17-,27-25-,34-32-,43-40-. The van der Waals surface area contributed by atoms with Crippen LogP contribution in [0.2, 0.25) is 0 Å². The van der Waals surface area contributed by atoms with Crippen molar-refractivity contribution in [1.82, 2.24) is 0 Å². The summed E-state index contributed by atoms with van der Waals surface area (Å²) in [4.78, 5) is 38.0. The molecule has 0 aliphatic carbocycles. The van der Waals surface area contributed by atoms with Crippen molar-refractivity contribution in [2.75, 3.05) is 13.2 Å². The van der Waals surface area contributed by atoms with Crippen LogP contribution in [0.15, 0.2) is 72.9 Å². The lowest BCUT2D eigenvalue weighted by atomic mass is 10.0. The Morgan fingerprint density at radius 3 is 1.06 bits per heavy atom. The Kier molecular flexibility index (Phi) is 49.9. The molecule has 1 unspecified atom stereocenters. The predicted octanol–water partition coefficient (Wildman–Crippen LogP) is 17.8. The van der Waals surface area contributed by atoms with E-state index < -0.39 is 6.10 Å². The number of carbonyl (C=O) groups excluding carboxylic acids is 3. The quantitative estimate of drug-likeness (QED) is 0.0262. The molecule has 0 saturated heterocycles. The maximum atomic E-state index is 12.8. The fourth-order valence-corrected chi connectivity index (χ4v) is 7.40. The minimum atomic E-state index is -0.806. The lowest BCUT2D eigenvalue weighted by Gasteiger charge is -2.18. The lowest BCUT2D eigenvalue weighted by Crippen LogP contribution is -2.30. The van der Waals surface area contributed by atoms with Gasteiger partial charge >= 0.3 is 17.9 Å². The number of rotatable bonds is 48. The van der Waals surface area contributed by atoms with Crippen LogP contribution in [0.3, 0.4) is 0 Å². The number of esters is 3. The van der Waals surface area contributed by atoms with Crippen LogP contribution in [-0.4, -0.2) is 37.2 Å². The molecule has 6 heteroatoms. The molecule has 368 valence electrons. The van der Waals surface area contributed by atoms with Crippen molar-refractivity contribution in [2.24, 2.45) is 0 Å². The normalized spacial score (nSPS) is 12.6. The SMILES string of the molecule is CC/C=C\C/C=C\C/C=C\C/C=C\C/C=C\CCCC(=O)OC(COC(=O)CCCCCCC/C=C\CCCC)COC(=O)CCCCCCCCCCCCCCCCCCCC. The number of hydrogen-bond donors (Lipinski definition) is 0. The Hall–Kier alpha value is -3.15. The minimum absolute atomic E-state index is 0.0986. The third-order valence-electron chi connectivity index (χ3n) is 11.4. The second-order valence-corrected chi connectivity index (χ2v) is 17.8. The first-order valence-electron chi connectivity index (χ1n) is 26.9. The van der Waals surface area contributed by atoms with Gasteiger partial charge in [0.25, 0.3) is 0 Å². The Morgan fingerprint density at radius 1 is 0.328 bits per heavy atom. The summed E-state index contributed by atoms with van der Waals surface area (Å²) in [6.07, 6.45) is 66.1. The van der Waals surface area contributed by atoms with Gasteiger partial charge in [0.15, 0.2) is 6.10 Å². The van der Waals surface area contributed by atoms with Gasteiger partial charge in [-0.1, -0.05) is 235 Å². The highest BCUT2D eigenvalue weighted by molar-refractivity contribution is 5.71. The average Bonchev–Trinajstić information content (AvgIpc) is 3.29. The van der Waals surface area contributed by atoms with E-state index in [1.807, 2.05) is 0 Å². The molecule has 0 aliphatic rings. The van der Waals surface area contributed by atoms with E-state index in [0.29, 0.717) is 19.3 Å².